The van der Waals surface area contributed by atoms with Crippen LogP contribution in [0.4, 0.5) is 13.2 Å². The van der Waals surface area contributed by atoms with E-state index >= 15 is 0 Å². The largest absolute Gasteiger partial charge is 0.464 e. The summed E-state index contributed by atoms with van der Waals surface area (Å²) in [6.07, 6.45) is -4.41. The highest BCUT2D eigenvalue weighted by Crippen LogP contribution is 2.13. The maximum Gasteiger partial charge on any atom is 0.411 e. The minimum absolute atomic E-state index is 0.0779. The Morgan fingerprint density at radius 2 is 2.00 bits per heavy atom. The summed E-state index contributed by atoms with van der Waals surface area (Å²) >= 11 is 0. The van der Waals surface area contributed by atoms with E-state index in [1.807, 2.05) is 0 Å². The van der Waals surface area contributed by atoms with Gasteiger partial charge in [0.2, 0.25) is 5.91 Å². The normalized spacial score (nSPS) is 12.9. The average Bonchev–Trinajstić information content (AvgIpc) is 2.26. The number of halogens is 3. The lowest BCUT2D eigenvalue weighted by atomic mass is 10.3. The molecule has 1 atom stereocenters. The third-order valence-corrected chi connectivity index (χ3v) is 1.63. The van der Waals surface area contributed by atoms with Gasteiger partial charge >= 0.3 is 12.1 Å². The summed E-state index contributed by atoms with van der Waals surface area (Å²) in [6.45, 7) is -0.280. The van der Waals surface area contributed by atoms with Crippen LogP contribution in [0, 0.1) is 0 Å². The fourth-order valence-electron chi connectivity index (χ4n) is 0.883. The Morgan fingerprint density at radius 3 is 2.50 bits per heavy atom. The van der Waals surface area contributed by atoms with E-state index in [4.69, 9.17) is 5.73 Å². The molecule has 0 saturated heterocycles. The number of amides is 1. The van der Waals surface area contributed by atoms with E-state index in [2.05, 4.69) is 14.8 Å². The molecule has 0 aliphatic heterocycles. The van der Waals surface area contributed by atoms with Crippen molar-refractivity contribution in [3.8, 4) is 0 Å². The second kappa shape index (κ2) is 7.88. The third kappa shape index (κ3) is 7.85. The molecule has 0 aliphatic carbocycles. The van der Waals surface area contributed by atoms with Crippen LogP contribution in [0.1, 0.15) is 6.92 Å². The topological polar surface area (TPSA) is 90.7 Å². The molecule has 0 heterocycles. The molecule has 9 heteroatoms. The maximum absolute atomic E-state index is 11.7. The lowest BCUT2D eigenvalue weighted by Crippen LogP contribution is -2.47. The molecule has 3 N–H and O–H groups in total. The van der Waals surface area contributed by atoms with Crippen LogP contribution < -0.4 is 11.1 Å². The average molecular weight is 272 g/mol. The van der Waals surface area contributed by atoms with E-state index in [0.29, 0.717) is 0 Å². The van der Waals surface area contributed by atoms with E-state index in [1.165, 1.54) is 0 Å². The number of esters is 1. The van der Waals surface area contributed by atoms with Gasteiger partial charge in [-0.25, -0.2) is 4.79 Å². The molecule has 0 aromatic rings. The Balaban J connectivity index is 3.74. The first kappa shape index (κ1) is 16.6. The van der Waals surface area contributed by atoms with Gasteiger partial charge in [0.15, 0.2) is 6.04 Å². The molecule has 0 spiro atoms. The third-order valence-electron chi connectivity index (χ3n) is 1.63. The Kier molecular flexibility index (Phi) is 7.29. The van der Waals surface area contributed by atoms with Gasteiger partial charge in [0.05, 0.1) is 13.2 Å². The molecule has 0 aromatic heterocycles. The van der Waals surface area contributed by atoms with Crippen molar-refractivity contribution in [3.63, 3.8) is 0 Å². The second-order valence-corrected chi connectivity index (χ2v) is 3.19. The monoisotopic (exact) mass is 272 g/mol. The number of nitrogens with one attached hydrogen (secondary N) is 1. The number of hydrogen-bond acceptors (Lipinski definition) is 5. The molecule has 0 bridgehead atoms. The van der Waals surface area contributed by atoms with Gasteiger partial charge < -0.3 is 20.5 Å². The van der Waals surface area contributed by atoms with Gasteiger partial charge in [-0.3, -0.25) is 4.79 Å². The molecule has 0 fully saturated rings. The van der Waals surface area contributed by atoms with Gasteiger partial charge in [-0.05, 0) is 6.92 Å². The quantitative estimate of drug-likeness (QED) is 0.373. The Morgan fingerprint density at radius 1 is 1.39 bits per heavy atom. The Hall–Kier alpha value is -1.35. The first-order chi connectivity index (χ1) is 8.28. The molecule has 0 rings (SSSR count). The van der Waals surface area contributed by atoms with Crippen LogP contribution in [0.15, 0.2) is 0 Å². The Bertz CT molecular complexity index is 283. The standard InChI is InChI=1S/C9H15F3N2O4/c1-2-18-8(16)6(13)7(15)14-3-4-17-5-9(10,11)12/h6H,2-5,13H2,1H3,(H,14,15). The molecule has 1 unspecified atom stereocenters. The highest BCUT2D eigenvalue weighted by atomic mass is 19.4. The van der Waals surface area contributed by atoms with Crippen molar-refractivity contribution in [2.75, 3.05) is 26.4 Å². The fraction of sp³-hybridized carbons (Fsp3) is 0.778. The second-order valence-electron chi connectivity index (χ2n) is 3.19. The first-order valence-electron chi connectivity index (χ1n) is 5.12. The van der Waals surface area contributed by atoms with Crippen molar-refractivity contribution in [3.05, 3.63) is 0 Å². The molecule has 0 aliphatic rings. The van der Waals surface area contributed by atoms with Gasteiger partial charge in [0.1, 0.15) is 6.61 Å². The lowest BCUT2D eigenvalue weighted by molar-refractivity contribution is -0.173. The van der Waals surface area contributed by atoms with Crippen LogP contribution in [0.3, 0.4) is 0 Å². The van der Waals surface area contributed by atoms with Crippen LogP contribution in [0.5, 0.6) is 0 Å². The van der Waals surface area contributed by atoms with Crippen molar-refractivity contribution < 1.29 is 32.2 Å². The lowest BCUT2D eigenvalue weighted by Gasteiger charge is -2.11. The molecule has 18 heavy (non-hydrogen) atoms. The molecule has 6 nitrogen and oxygen atoms in total. The van der Waals surface area contributed by atoms with Gasteiger partial charge in [-0.1, -0.05) is 0 Å². The molecular formula is C9H15F3N2O4. The van der Waals surface area contributed by atoms with Gasteiger partial charge in [0.25, 0.3) is 0 Å². The number of alkyl halides is 3. The molecule has 0 radical (unpaired) electrons. The predicted molar refractivity (Wildman–Crippen MR) is 54.5 cm³/mol. The summed E-state index contributed by atoms with van der Waals surface area (Å²) in [5, 5.41) is 2.15. The Labute approximate surface area is 102 Å². The molecule has 0 aromatic carbocycles. The number of rotatable bonds is 7. The van der Waals surface area contributed by atoms with Crippen LogP contribution in [0.2, 0.25) is 0 Å². The van der Waals surface area contributed by atoms with Gasteiger partial charge in [0, 0.05) is 6.54 Å². The zero-order valence-electron chi connectivity index (χ0n) is 9.75. The summed E-state index contributed by atoms with van der Waals surface area (Å²) in [6, 6.07) is -1.49. The van der Waals surface area contributed by atoms with Crippen LogP contribution in [0.25, 0.3) is 0 Å². The van der Waals surface area contributed by atoms with Crippen molar-refractivity contribution >= 4 is 11.9 Å². The minimum atomic E-state index is -4.41. The van der Waals surface area contributed by atoms with Crippen molar-refractivity contribution in [1.82, 2.24) is 5.32 Å². The highest BCUT2D eigenvalue weighted by molar-refractivity contribution is 6.01. The minimum Gasteiger partial charge on any atom is -0.464 e. The summed E-state index contributed by atoms with van der Waals surface area (Å²) in [7, 11) is 0. The van der Waals surface area contributed by atoms with Crippen LogP contribution >= 0.6 is 0 Å². The fourth-order valence-corrected chi connectivity index (χ4v) is 0.883. The summed E-state index contributed by atoms with van der Waals surface area (Å²) in [4.78, 5) is 22.2. The van der Waals surface area contributed by atoms with E-state index in [9.17, 15) is 22.8 Å². The number of carbonyl (C=O) groups is 2. The first-order valence-corrected chi connectivity index (χ1v) is 5.12. The van der Waals surface area contributed by atoms with Crippen molar-refractivity contribution in [2.24, 2.45) is 5.73 Å². The van der Waals surface area contributed by atoms with Crippen molar-refractivity contribution in [2.45, 2.75) is 19.1 Å². The van der Waals surface area contributed by atoms with Gasteiger partial charge in [-0.2, -0.15) is 13.2 Å². The summed E-state index contributed by atoms with van der Waals surface area (Å²) in [5.41, 5.74) is 5.22. The van der Waals surface area contributed by atoms with Gasteiger partial charge in [-0.15, -0.1) is 0 Å². The van der Waals surface area contributed by atoms with E-state index in [-0.39, 0.29) is 19.8 Å². The number of nitrogens with two attached hydrogens (primary N) is 1. The molecule has 106 valence electrons. The van der Waals surface area contributed by atoms with Crippen LogP contribution in [-0.4, -0.2) is 50.5 Å². The number of ether oxygens (including phenoxy) is 2. The van der Waals surface area contributed by atoms with E-state index in [1.54, 1.807) is 6.92 Å². The molecule has 1 amide bonds. The van der Waals surface area contributed by atoms with Crippen LogP contribution in [-0.2, 0) is 19.1 Å². The SMILES string of the molecule is CCOC(=O)C(N)C(=O)NCCOCC(F)(F)F. The summed E-state index contributed by atoms with van der Waals surface area (Å²) in [5.74, 6) is -1.73. The zero-order valence-corrected chi connectivity index (χ0v) is 9.75. The van der Waals surface area contributed by atoms with E-state index < -0.39 is 30.7 Å². The maximum atomic E-state index is 11.7. The smallest absolute Gasteiger partial charge is 0.411 e. The zero-order chi connectivity index (χ0) is 14.2. The highest BCUT2D eigenvalue weighted by Gasteiger charge is 2.27. The van der Waals surface area contributed by atoms with Crippen molar-refractivity contribution in [1.29, 1.82) is 0 Å². The predicted octanol–water partition coefficient (Wildman–Crippen LogP) is -0.428. The number of carbonyl (C=O) groups excluding carboxylic acids is 2. The molecule has 0 saturated carbocycles. The van der Waals surface area contributed by atoms with E-state index in [0.717, 1.165) is 0 Å². The molecular weight excluding hydrogens is 257 g/mol. The number of hydrogen-bond donors (Lipinski definition) is 2. The summed E-state index contributed by atoms with van der Waals surface area (Å²) < 4.78 is 43.7.